The van der Waals surface area contributed by atoms with Crippen LogP contribution < -0.4 is 10.6 Å². The molecule has 19 heavy (non-hydrogen) atoms. The fourth-order valence-corrected chi connectivity index (χ4v) is 2.74. The smallest absolute Gasteiger partial charge is 0.132 e. The summed E-state index contributed by atoms with van der Waals surface area (Å²) >= 11 is 0. The van der Waals surface area contributed by atoms with Crippen molar-refractivity contribution in [3.63, 3.8) is 0 Å². The van der Waals surface area contributed by atoms with E-state index in [1.807, 2.05) is 13.0 Å². The van der Waals surface area contributed by atoms with Gasteiger partial charge in [0.05, 0.1) is 0 Å². The van der Waals surface area contributed by atoms with E-state index in [9.17, 15) is 0 Å². The molecule has 106 valence electrons. The van der Waals surface area contributed by atoms with E-state index in [-0.39, 0.29) is 5.54 Å². The van der Waals surface area contributed by atoms with Gasteiger partial charge in [-0.2, -0.15) is 0 Å². The van der Waals surface area contributed by atoms with Crippen LogP contribution in [0.1, 0.15) is 58.2 Å². The Labute approximate surface area is 116 Å². The number of hydrogen-bond donors (Lipinski definition) is 2. The average Bonchev–Trinajstić information content (AvgIpc) is 2.36. The van der Waals surface area contributed by atoms with E-state index < -0.39 is 0 Å². The topological polar surface area (TPSA) is 49.8 Å². The summed E-state index contributed by atoms with van der Waals surface area (Å²) in [7, 11) is 0. The van der Waals surface area contributed by atoms with Gasteiger partial charge < -0.3 is 10.6 Å². The van der Waals surface area contributed by atoms with Crippen LogP contribution in [0.5, 0.6) is 0 Å². The lowest BCUT2D eigenvalue weighted by Crippen LogP contribution is -2.37. The Morgan fingerprint density at radius 2 is 1.84 bits per heavy atom. The summed E-state index contributed by atoms with van der Waals surface area (Å²) in [4.78, 5) is 8.94. The molecule has 0 radical (unpaired) electrons. The molecule has 1 fully saturated rings. The number of hydrogen-bond acceptors (Lipinski definition) is 4. The zero-order valence-electron chi connectivity index (χ0n) is 12.4. The van der Waals surface area contributed by atoms with Gasteiger partial charge in [-0.05, 0) is 33.1 Å². The van der Waals surface area contributed by atoms with Gasteiger partial charge in [-0.3, -0.25) is 0 Å². The van der Waals surface area contributed by atoms with Crippen LogP contribution in [0.15, 0.2) is 6.07 Å². The summed E-state index contributed by atoms with van der Waals surface area (Å²) in [5.41, 5.74) is 0.196. The molecular formula is C15H26N4. The van der Waals surface area contributed by atoms with Gasteiger partial charge in [-0.15, -0.1) is 0 Å². The molecule has 1 aromatic heterocycles. The normalized spacial score (nSPS) is 18.1. The maximum absolute atomic E-state index is 4.52. The molecule has 1 aromatic rings. The van der Waals surface area contributed by atoms with Gasteiger partial charge in [-0.25, -0.2) is 9.97 Å². The van der Waals surface area contributed by atoms with Crippen LogP contribution in [0.2, 0.25) is 0 Å². The predicted octanol–water partition coefficient (Wildman–Crippen LogP) is 3.74. The molecule has 1 saturated carbocycles. The number of nitrogens with one attached hydrogen (secondary N) is 2. The molecule has 0 aliphatic heterocycles. The largest absolute Gasteiger partial charge is 0.370 e. The molecule has 0 aromatic carbocycles. The minimum Gasteiger partial charge on any atom is -0.370 e. The van der Waals surface area contributed by atoms with Gasteiger partial charge in [0.15, 0.2) is 0 Å². The second-order valence-electron chi connectivity index (χ2n) is 5.86. The Bertz CT molecular complexity index is 411. The summed E-state index contributed by atoms with van der Waals surface area (Å²) in [5.74, 6) is 2.70. The van der Waals surface area contributed by atoms with Gasteiger partial charge in [0.25, 0.3) is 0 Å². The van der Waals surface area contributed by atoms with Crippen molar-refractivity contribution in [1.82, 2.24) is 9.97 Å². The predicted molar refractivity (Wildman–Crippen MR) is 80.7 cm³/mol. The van der Waals surface area contributed by atoms with Crippen molar-refractivity contribution in [2.24, 2.45) is 0 Å². The number of rotatable bonds is 5. The molecule has 2 rings (SSSR count). The van der Waals surface area contributed by atoms with Crippen molar-refractivity contribution < 1.29 is 0 Å². The quantitative estimate of drug-likeness (QED) is 0.848. The molecule has 1 heterocycles. The standard InChI is InChI=1S/C15H26N4/c1-4-10-16-13-11-14(18-12(2)17-13)19-15(3)8-6-5-7-9-15/h11H,4-10H2,1-3H3,(H2,16,17,18,19). The summed E-state index contributed by atoms with van der Waals surface area (Å²) in [6.45, 7) is 7.37. The van der Waals surface area contributed by atoms with Crippen LogP contribution in [0, 0.1) is 6.92 Å². The second-order valence-corrected chi connectivity index (χ2v) is 5.86. The first-order valence-electron chi connectivity index (χ1n) is 7.49. The minimum absolute atomic E-state index is 0.196. The van der Waals surface area contributed by atoms with Crippen molar-refractivity contribution in [2.75, 3.05) is 17.2 Å². The van der Waals surface area contributed by atoms with Crippen molar-refractivity contribution in [2.45, 2.75) is 64.8 Å². The second kappa shape index (κ2) is 6.22. The Kier molecular flexibility index (Phi) is 4.61. The van der Waals surface area contributed by atoms with Crippen molar-refractivity contribution >= 4 is 11.6 Å². The number of nitrogens with zero attached hydrogens (tertiary/aromatic N) is 2. The van der Waals surface area contributed by atoms with Gasteiger partial charge >= 0.3 is 0 Å². The highest BCUT2D eigenvalue weighted by atomic mass is 15.1. The molecule has 4 heteroatoms. The molecule has 1 aliphatic carbocycles. The fraction of sp³-hybridized carbons (Fsp3) is 0.733. The summed E-state index contributed by atoms with van der Waals surface area (Å²) in [6.07, 6.45) is 7.55. The first-order chi connectivity index (χ1) is 9.11. The molecule has 0 spiro atoms. The van der Waals surface area contributed by atoms with Crippen molar-refractivity contribution in [1.29, 1.82) is 0 Å². The molecule has 0 unspecified atom stereocenters. The molecule has 0 bridgehead atoms. The molecule has 2 N–H and O–H groups in total. The maximum atomic E-state index is 4.52. The molecule has 0 atom stereocenters. The Hall–Kier alpha value is -1.32. The van der Waals surface area contributed by atoms with E-state index in [4.69, 9.17) is 0 Å². The van der Waals surface area contributed by atoms with Crippen LogP contribution in [-0.2, 0) is 0 Å². The van der Waals surface area contributed by atoms with Gasteiger partial charge in [-0.1, -0.05) is 26.2 Å². The van der Waals surface area contributed by atoms with E-state index in [0.717, 1.165) is 30.4 Å². The number of anilines is 2. The SMILES string of the molecule is CCCNc1cc(NC2(C)CCCCC2)nc(C)n1. The van der Waals surface area contributed by atoms with Crippen LogP contribution >= 0.6 is 0 Å². The Morgan fingerprint density at radius 3 is 2.53 bits per heavy atom. The minimum atomic E-state index is 0.196. The fourth-order valence-electron chi connectivity index (χ4n) is 2.74. The molecular weight excluding hydrogens is 236 g/mol. The zero-order valence-corrected chi connectivity index (χ0v) is 12.4. The lowest BCUT2D eigenvalue weighted by molar-refractivity contribution is 0.348. The highest BCUT2D eigenvalue weighted by Gasteiger charge is 2.26. The molecule has 0 saturated heterocycles. The Balaban J connectivity index is 2.08. The summed E-state index contributed by atoms with van der Waals surface area (Å²) in [5, 5.41) is 6.96. The highest BCUT2D eigenvalue weighted by Crippen LogP contribution is 2.31. The first-order valence-corrected chi connectivity index (χ1v) is 7.49. The lowest BCUT2D eigenvalue weighted by Gasteiger charge is -2.35. The summed E-state index contributed by atoms with van der Waals surface area (Å²) < 4.78 is 0. The van der Waals surface area contributed by atoms with Crippen molar-refractivity contribution in [3.8, 4) is 0 Å². The van der Waals surface area contributed by atoms with E-state index in [1.165, 1.54) is 32.1 Å². The van der Waals surface area contributed by atoms with E-state index >= 15 is 0 Å². The zero-order chi connectivity index (χ0) is 13.7. The third-order valence-corrected chi connectivity index (χ3v) is 3.78. The highest BCUT2D eigenvalue weighted by molar-refractivity contribution is 5.48. The molecule has 0 amide bonds. The van der Waals surface area contributed by atoms with E-state index in [1.54, 1.807) is 0 Å². The number of aryl methyl sites for hydroxylation is 1. The van der Waals surface area contributed by atoms with Crippen LogP contribution in [0.4, 0.5) is 11.6 Å². The summed E-state index contributed by atoms with van der Waals surface area (Å²) in [6, 6.07) is 2.03. The van der Waals surface area contributed by atoms with Crippen molar-refractivity contribution in [3.05, 3.63) is 11.9 Å². The lowest BCUT2D eigenvalue weighted by atomic mass is 9.83. The van der Waals surface area contributed by atoms with Gasteiger partial charge in [0.2, 0.25) is 0 Å². The number of aromatic nitrogens is 2. The van der Waals surface area contributed by atoms with Gasteiger partial charge in [0.1, 0.15) is 17.5 Å². The van der Waals surface area contributed by atoms with Crippen LogP contribution in [-0.4, -0.2) is 22.1 Å². The third-order valence-electron chi connectivity index (χ3n) is 3.78. The molecule has 4 nitrogen and oxygen atoms in total. The van der Waals surface area contributed by atoms with E-state index in [2.05, 4.69) is 34.4 Å². The average molecular weight is 262 g/mol. The first kappa shape index (κ1) is 14.1. The molecule has 1 aliphatic rings. The third kappa shape index (κ3) is 4.08. The monoisotopic (exact) mass is 262 g/mol. The maximum Gasteiger partial charge on any atom is 0.132 e. The van der Waals surface area contributed by atoms with Crippen LogP contribution in [0.3, 0.4) is 0 Å². The van der Waals surface area contributed by atoms with E-state index in [0.29, 0.717) is 0 Å². The van der Waals surface area contributed by atoms with Crippen LogP contribution in [0.25, 0.3) is 0 Å². The van der Waals surface area contributed by atoms with Gasteiger partial charge in [0, 0.05) is 18.2 Å². The Morgan fingerprint density at radius 1 is 1.16 bits per heavy atom.